The first-order valence-corrected chi connectivity index (χ1v) is 11.6. The molecule has 1 saturated heterocycles. The molecule has 1 aliphatic heterocycles. The van der Waals surface area contributed by atoms with E-state index in [2.05, 4.69) is 16.3 Å². The van der Waals surface area contributed by atoms with Gasteiger partial charge in [0.25, 0.3) is 0 Å². The molecule has 1 fully saturated rings. The number of ether oxygens (including phenoxy) is 1. The van der Waals surface area contributed by atoms with E-state index in [1.807, 2.05) is 42.5 Å². The number of halogens is 2. The zero-order valence-electron chi connectivity index (χ0n) is 18.5. The minimum absolute atomic E-state index is 0.0470. The third kappa shape index (κ3) is 6.80. The summed E-state index contributed by atoms with van der Waals surface area (Å²) in [7, 11) is 0. The van der Waals surface area contributed by atoms with Gasteiger partial charge in [0.1, 0.15) is 18.2 Å². The first kappa shape index (κ1) is 23.3. The molecule has 172 valence electrons. The summed E-state index contributed by atoms with van der Waals surface area (Å²) in [5, 5.41) is 3.87. The lowest BCUT2D eigenvalue weighted by Gasteiger charge is -2.31. The molecule has 1 aliphatic rings. The van der Waals surface area contributed by atoms with Crippen LogP contribution in [-0.2, 0) is 24.5 Å². The molecule has 0 bridgehead atoms. The average Bonchev–Trinajstić information content (AvgIpc) is 2.85. The van der Waals surface area contributed by atoms with Crippen LogP contribution in [0.5, 0.6) is 5.75 Å². The van der Waals surface area contributed by atoms with Gasteiger partial charge in [0.05, 0.1) is 0 Å². The third-order valence-corrected chi connectivity index (χ3v) is 6.39. The standard InChI is InChI=1S/C27H28ClFN2O2/c28-26-4-2-1-3-23(26)18-31-15-13-22(14-16-31)27(32)30-17-20-7-11-25(12-8-20)33-19-21-5-9-24(29)10-6-21/h1-12,22H,13-19H2,(H,30,32). The summed E-state index contributed by atoms with van der Waals surface area (Å²) in [6.45, 7) is 3.48. The van der Waals surface area contributed by atoms with Gasteiger partial charge >= 0.3 is 0 Å². The number of rotatable bonds is 8. The van der Waals surface area contributed by atoms with Crippen LogP contribution in [-0.4, -0.2) is 23.9 Å². The Morgan fingerprint density at radius 2 is 1.64 bits per heavy atom. The van der Waals surface area contributed by atoms with Crippen molar-refractivity contribution >= 4 is 17.5 Å². The zero-order valence-corrected chi connectivity index (χ0v) is 19.2. The fourth-order valence-electron chi connectivity index (χ4n) is 4.01. The molecule has 0 aromatic heterocycles. The van der Waals surface area contributed by atoms with E-state index >= 15 is 0 Å². The monoisotopic (exact) mass is 466 g/mol. The highest BCUT2D eigenvalue weighted by Gasteiger charge is 2.25. The lowest BCUT2D eigenvalue weighted by molar-refractivity contribution is -0.126. The van der Waals surface area contributed by atoms with Crippen LogP contribution in [0.3, 0.4) is 0 Å². The maximum absolute atomic E-state index is 13.0. The van der Waals surface area contributed by atoms with Gasteiger partial charge in [-0.3, -0.25) is 9.69 Å². The molecule has 1 N–H and O–H groups in total. The van der Waals surface area contributed by atoms with Gasteiger partial charge in [0, 0.05) is 24.0 Å². The van der Waals surface area contributed by atoms with Crippen LogP contribution < -0.4 is 10.1 Å². The van der Waals surface area contributed by atoms with Crippen LogP contribution in [0.15, 0.2) is 72.8 Å². The summed E-state index contributed by atoms with van der Waals surface area (Å²) in [5.41, 5.74) is 3.06. The van der Waals surface area contributed by atoms with E-state index in [1.54, 1.807) is 12.1 Å². The van der Waals surface area contributed by atoms with Crippen LogP contribution in [0.1, 0.15) is 29.5 Å². The van der Waals surface area contributed by atoms with Gasteiger partial charge in [-0.25, -0.2) is 4.39 Å². The van der Waals surface area contributed by atoms with E-state index in [-0.39, 0.29) is 17.6 Å². The normalized spacial score (nSPS) is 14.7. The summed E-state index contributed by atoms with van der Waals surface area (Å²) >= 11 is 6.27. The Kier molecular flexibility index (Phi) is 7.97. The number of hydrogen-bond donors (Lipinski definition) is 1. The van der Waals surface area contributed by atoms with Crippen molar-refractivity contribution in [3.8, 4) is 5.75 Å². The highest BCUT2D eigenvalue weighted by Crippen LogP contribution is 2.22. The van der Waals surface area contributed by atoms with Crippen LogP contribution in [0.4, 0.5) is 4.39 Å². The molecule has 0 aliphatic carbocycles. The molecular weight excluding hydrogens is 439 g/mol. The number of benzene rings is 3. The maximum Gasteiger partial charge on any atom is 0.223 e. The van der Waals surface area contributed by atoms with Crippen molar-refractivity contribution < 1.29 is 13.9 Å². The first-order valence-electron chi connectivity index (χ1n) is 11.3. The number of carbonyl (C=O) groups excluding carboxylic acids is 1. The molecule has 1 heterocycles. The van der Waals surface area contributed by atoms with Crippen LogP contribution in [0, 0.1) is 11.7 Å². The van der Waals surface area contributed by atoms with Gasteiger partial charge in [0.15, 0.2) is 0 Å². The Hall–Kier alpha value is -2.89. The van der Waals surface area contributed by atoms with E-state index in [0.29, 0.717) is 13.2 Å². The smallest absolute Gasteiger partial charge is 0.223 e. The van der Waals surface area contributed by atoms with E-state index in [1.165, 1.54) is 12.1 Å². The summed E-state index contributed by atoms with van der Waals surface area (Å²) in [6.07, 6.45) is 1.71. The van der Waals surface area contributed by atoms with Crippen molar-refractivity contribution in [1.29, 1.82) is 0 Å². The Bertz CT molecular complexity index is 1050. The van der Waals surface area contributed by atoms with Crippen molar-refractivity contribution in [2.45, 2.75) is 32.5 Å². The molecule has 6 heteroatoms. The van der Waals surface area contributed by atoms with E-state index < -0.39 is 0 Å². The Balaban J connectivity index is 1.18. The second-order valence-corrected chi connectivity index (χ2v) is 8.83. The second-order valence-electron chi connectivity index (χ2n) is 8.42. The van der Waals surface area contributed by atoms with Crippen LogP contribution in [0.25, 0.3) is 0 Å². The Labute approximate surface area is 199 Å². The van der Waals surface area contributed by atoms with Crippen molar-refractivity contribution in [3.63, 3.8) is 0 Å². The number of hydrogen-bond acceptors (Lipinski definition) is 3. The quantitative estimate of drug-likeness (QED) is 0.470. The fraction of sp³-hybridized carbons (Fsp3) is 0.296. The largest absolute Gasteiger partial charge is 0.489 e. The summed E-state index contributed by atoms with van der Waals surface area (Å²) in [6, 6.07) is 21.9. The van der Waals surface area contributed by atoms with Gasteiger partial charge in [-0.05, 0) is 73.0 Å². The number of carbonyl (C=O) groups is 1. The van der Waals surface area contributed by atoms with Crippen LogP contribution in [0.2, 0.25) is 5.02 Å². The lowest BCUT2D eigenvalue weighted by Crippen LogP contribution is -2.40. The lowest BCUT2D eigenvalue weighted by atomic mass is 9.95. The van der Waals surface area contributed by atoms with Gasteiger partial charge < -0.3 is 10.1 Å². The second kappa shape index (κ2) is 11.3. The molecule has 0 saturated carbocycles. The molecule has 1 amide bonds. The predicted octanol–water partition coefficient (Wildman–Crippen LogP) is 5.59. The molecule has 3 aromatic rings. The predicted molar refractivity (Wildman–Crippen MR) is 128 cm³/mol. The fourth-order valence-corrected chi connectivity index (χ4v) is 4.20. The Morgan fingerprint density at radius 1 is 0.970 bits per heavy atom. The SMILES string of the molecule is O=C(NCc1ccc(OCc2ccc(F)cc2)cc1)C1CCN(Cc2ccccc2Cl)CC1. The molecule has 3 aromatic carbocycles. The Morgan fingerprint density at radius 3 is 2.33 bits per heavy atom. The third-order valence-electron chi connectivity index (χ3n) is 6.02. The number of piperidine rings is 1. The van der Waals surface area contributed by atoms with Gasteiger partial charge in [-0.15, -0.1) is 0 Å². The summed E-state index contributed by atoms with van der Waals surface area (Å²) in [5.74, 6) is 0.642. The molecule has 0 radical (unpaired) electrons. The minimum atomic E-state index is -0.257. The van der Waals surface area contributed by atoms with Crippen LogP contribution >= 0.6 is 11.6 Å². The number of likely N-dealkylation sites (tertiary alicyclic amines) is 1. The van der Waals surface area contributed by atoms with E-state index in [0.717, 1.165) is 59.9 Å². The molecule has 4 nitrogen and oxygen atoms in total. The maximum atomic E-state index is 13.0. The van der Waals surface area contributed by atoms with Gasteiger partial charge in [-0.2, -0.15) is 0 Å². The molecule has 33 heavy (non-hydrogen) atoms. The summed E-state index contributed by atoms with van der Waals surface area (Å²) < 4.78 is 18.7. The number of nitrogens with one attached hydrogen (secondary N) is 1. The van der Waals surface area contributed by atoms with Crippen molar-refractivity contribution in [2.24, 2.45) is 5.92 Å². The average molecular weight is 467 g/mol. The molecule has 0 spiro atoms. The minimum Gasteiger partial charge on any atom is -0.489 e. The van der Waals surface area contributed by atoms with Crippen molar-refractivity contribution in [3.05, 3.63) is 100 Å². The summed E-state index contributed by atoms with van der Waals surface area (Å²) in [4.78, 5) is 15.0. The van der Waals surface area contributed by atoms with E-state index in [4.69, 9.17) is 16.3 Å². The molecule has 0 unspecified atom stereocenters. The molecular formula is C27H28ClFN2O2. The van der Waals surface area contributed by atoms with Crippen molar-refractivity contribution in [2.75, 3.05) is 13.1 Å². The van der Waals surface area contributed by atoms with Crippen molar-refractivity contribution in [1.82, 2.24) is 10.2 Å². The molecule has 0 atom stereocenters. The zero-order chi connectivity index (χ0) is 23.0. The van der Waals surface area contributed by atoms with Gasteiger partial charge in [-0.1, -0.05) is 54.1 Å². The van der Waals surface area contributed by atoms with E-state index in [9.17, 15) is 9.18 Å². The topological polar surface area (TPSA) is 41.6 Å². The first-order chi connectivity index (χ1) is 16.1. The van der Waals surface area contributed by atoms with Gasteiger partial charge in [0.2, 0.25) is 5.91 Å². The number of amides is 1. The number of nitrogens with zero attached hydrogens (tertiary/aromatic N) is 1. The highest BCUT2D eigenvalue weighted by atomic mass is 35.5. The highest BCUT2D eigenvalue weighted by molar-refractivity contribution is 6.31. The molecule has 4 rings (SSSR count).